The molecule has 0 spiro atoms. The van der Waals surface area contributed by atoms with E-state index in [-0.39, 0.29) is 6.61 Å². The Kier molecular flexibility index (Phi) is 4.65. The Balaban J connectivity index is 2.22. The molecule has 2 aromatic heterocycles. The van der Waals surface area contributed by atoms with Crippen molar-refractivity contribution in [2.24, 2.45) is 0 Å². The largest absolute Gasteiger partial charge is 0.483 e. The third-order valence-corrected chi connectivity index (χ3v) is 3.76. The average molecular weight is 350 g/mol. The fraction of sp³-hybridized carbons (Fsp3) is 0.111. The van der Waals surface area contributed by atoms with E-state index in [2.05, 4.69) is 16.5 Å². The number of H-pyrrole nitrogens is 2. The number of ether oxygens (including phenoxy) is 1. The summed E-state index contributed by atoms with van der Waals surface area (Å²) in [7, 11) is 0. The molecule has 3 nitrogen and oxygen atoms in total. The minimum absolute atomic E-state index is 0.289. The van der Waals surface area contributed by atoms with Gasteiger partial charge in [-0.3, -0.25) is 0 Å². The molecule has 0 saturated carbocycles. The van der Waals surface area contributed by atoms with Gasteiger partial charge in [0.2, 0.25) is 11.6 Å². The summed E-state index contributed by atoms with van der Waals surface area (Å²) in [5, 5.41) is 0. The molecule has 3 rings (SSSR count). The summed E-state index contributed by atoms with van der Waals surface area (Å²) in [5.74, 6) is -8.37. The van der Waals surface area contributed by atoms with Gasteiger partial charge >= 0.3 is 0 Å². The maximum absolute atomic E-state index is 14.6. The second-order valence-electron chi connectivity index (χ2n) is 5.28. The van der Waals surface area contributed by atoms with Gasteiger partial charge in [0.25, 0.3) is 0 Å². The van der Waals surface area contributed by atoms with Gasteiger partial charge in [-0.2, -0.15) is 8.78 Å². The molecule has 25 heavy (non-hydrogen) atoms. The van der Waals surface area contributed by atoms with Crippen molar-refractivity contribution in [3.8, 4) is 5.75 Å². The molecule has 1 aromatic carbocycles. The standard InChI is InChI=1S/C18H14F4N2O/c1-2-9-25-18-16(21)14(19)13(15(20)17(18)22)12(10-5-3-7-23-10)11-6-4-8-24-11/h2-8,12,23-24H,1,9H2. The summed E-state index contributed by atoms with van der Waals surface area (Å²) in [6.45, 7) is 3.04. The van der Waals surface area contributed by atoms with Crippen molar-refractivity contribution in [2.45, 2.75) is 5.92 Å². The van der Waals surface area contributed by atoms with Gasteiger partial charge in [0.15, 0.2) is 17.4 Å². The minimum atomic E-state index is -1.58. The molecule has 0 atom stereocenters. The van der Waals surface area contributed by atoms with Crippen molar-refractivity contribution in [3.63, 3.8) is 0 Å². The van der Waals surface area contributed by atoms with Crippen LogP contribution < -0.4 is 4.74 Å². The summed E-state index contributed by atoms with van der Waals surface area (Å²) in [4.78, 5) is 5.65. The van der Waals surface area contributed by atoms with Gasteiger partial charge in [-0.1, -0.05) is 12.7 Å². The third-order valence-electron chi connectivity index (χ3n) is 3.76. The smallest absolute Gasteiger partial charge is 0.204 e. The number of hydrogen-bond donors (Lipinski definition) is 2. The van der Waals surface area contributed by atoms with Crippen LogP contribution in [-0.2, 0) is 0 Å². The van der Waals surface area contributed by atoms with Crippen LogP contribution in [0.3, 0.4) is 0 Å². The molecule has 3 aromatic rings. The monoisotopic (exact) mass is 350 g/mol. The fourth-order valence-electron chi connectivity index (χ4n) is 2.68. The predicted octanol–water partition coefficient (Wildman–Crippen LogP) is 4.64. The lowest BCUT2D eigenvalue weighted by molar-refractivity contribution is 0.299. The van der Waals surface area contributed by atoms with Crippen molar-refractivity contribution in [2.75, 3.05) is 6.61 Å². The highest BCUT2D eigenvalue weighted by atomic mass is 19.2. The first-order chi connectivity index (χ1) is 12.1. The van der Waals surface area contributed by atoms with Crippen LogP contribution in [0.1, 0.15) is 22.9 Å². The summed E-state index contributed by atoms with van der Waals surface area (Å²) >= 11 is 0. The molecular formula is C18H14F4N2O. The van der Waals surface area contributed by atoms with E-state index >= 15 is 0 Å². The van der Waals surface area contributed by atoms with Gasteiger partial charge < -0.3 is 14.7 Å². The van der Waals surface area contributed by atoms with Crippen molar-refractivity contribution < 1.29 is 22.3 Å². The Morgan fingerprint density at radius 2 is 1.44 bits per heavy atom. The first-order valence-electron chi connectivity index (χ1n) is 7.42. The van der Waals surface area contributed by atoms with Gasteiger partial charge in [-0.15, -0.1) is 0 Å². The molecule has 130 valence electrons. The highest BCUT2D eigenvalue weighted by Gasteiger charge is 2.33. The lowest BCUT2D eigenvalue weighted by Gasteiger charge is -2.19. The van der Waals surface area contributed by atoms with Crippen LogP contribution in [0.5, 0.6) is 5.75 Å². The Morgan fingerprint density at radius 3 is 1.84 bits per heavy atom. The first-order valence-corrected chi connectivity index (χ1v) is 7.42. The Hall–Kier alpha value is -2.96. The zero-order valence-corrected chi connectivity index (χ0v) is 13.0. The van der Waals surface area contributed by atoms with Gasteiger partial charge in [-0.05, 0) is 24.3 Å². The van der Waals surface area contributed by atoms with Crippen LogP contribution in [0.2, 0.25) is 0 Å². The van der Waals surface area contributed by atoms with Crippen LogP contribution in [0, 0.1) is 23.3 Å². The molecule has 0 bridgehead atoms. The molecular weight excluding hydrogens is 336 g/mol. The van der Waals surface area contributed by atoms with Crippen LogP contribution in [0.15, 0.2) is 49.3 Å². The lowest BCUT2D eigenvalue weighted by Crippen LogP contribution is -2.14. The van der Waals surface area contributed by atoms with E-state index in [0.717, 1.165) is 0 Å². The summed E-state index contributed by atoms with van der Waals surface area (Å²) in [5.41, 5.74) is 0.00322. The van der Waals surface area contributed by atoms with E-state index < -0.39 is 40.5 Å². The van der Waals surface area contributed by atoms with Crippen molar-refractivity contribution in [1.29, 1.82) is 0 Å². The Bertz CT molecular complexity index is 810. The minimum Gasteiger partial charge on any atom is -0.483 e. The van der Waals surface area contributed by atoms with Crippen molar-refractivity contribution in [1.82, 2.24) is 9.97 Å². The van der Waals surface area contributed by atoms with E-state index in [1.54, 1.807) is 36.7 Å². The number of rotatable bonds is 6. The van der Waals surface area contributed by atoms with E-state index in [0.29, 0.717) is 11.4 Å². The van der Waals surface area contributed by atoms with Gasteiger partial charge in [0.1, 0.15) is 6.61 Å². The molecule has 0 aliphatic heterocycles. The van der Waals surface area contributed by atoms with Crippen molar-refractivity contribution in [3.05, 3.63) is 89.5 Å². The number of halogens is 4. The van der Waals surface area contributed by atoms with Crippen LogP contribution >= 0.6 is 0 Å². The molecule has 2 heterocycles. The zero-order chi connectivity index (χ0) is 18.0. The topological polar surface area (TPSA) is 40.8 Å². The third kappa shape index (κ3) is 2.93. The molecule has 0 saturated heterocycles. The van der Waals surface area contributed by atoms with Gasteiger partial charge in [-0.25, -0.2) is 8.78 Å². The molecule has 0 aliphatic carbocycles. The van der Waals surface area contributed by atoms with Gasteiger partial charge in [0, 0.05) is 29.3 Å². The molecule has 0 unspecified atom stereocenters. The van der Waals surface area contributed by atoms with E-state index in [4.69, 9.17) is 4.74 Å². The summed E-state index contributed by atoms with van der Waals surface area (Å²) in [6.07, 6.45) is 4.31. The highest BCUT2D eigenvalue weighted by Crippen LogP contribution is 2.38. The van der Waals surface area contributed by atoms with E-state index in [1.807, 2.05) is 0 Å². The SMILES string of the molecule is C=CCOc1c(F)c(F)c(C(c2ccc[nH]2)c2ccc[nH]2)c(F)c1F. The van der Waals surface area contributed by atoms with Crippen molar-refractivity contribution >= 4 is 0 Å². The maximum Gasteiger partial charge on any atom is 0.204 e. The average Bonchev–Trinajstić information content (AvgIpc) is 3.31. The van der Waals surface area contributed by atoms with Crippen LogP contribution in [0.25, 0.3) is 0 Å². The molecule has 2 N–H and O–H groups in total. The number of nitrogens with one attached hydrogen (secondary N) is 2. The molecule has 0 amide bonds. The first kappa shape index (κ1) is 16.9. The highest BCUT2D eigenvalue weighted by molar-refractivity contribution is 5.44. The Labute approximate surface area is 141 Å². The second kappa shape index (κ2) is 6.88. The van der Waals surface area contributed by atoms with E-state index in [9.17, 15) is 17.6 Å². The normalized spacial score (nSPS) is 11.1. The number of aromatic nitrogens is 2. The molecule has 0 radical (unpaired) electrons. The molecule has 0 fully saturated rings. The lowest BCUT2D eigenvalue weighted by atomic mass is 9.91. The summed E-state index contributed by atoms with van der Waals surface area (Å²) < 4.78 is 62.6. The Morgan fingerprint density at radius 1 is 0.920 bits per heavy atom. The zero-order valence-electron chi connectivity index (χ0n) is 13.0. The van der Waals surface area contributed by atoms with Crippen LogP contribution in [-0.4, -0.2) is 16.6 Å². The quantitative estimate of drug-likeness (QED) is 0.379. The number of benzene rings is 1. The van der Waals surface area contributed by atoms with E-state index in [1.165, 1.54) is 6.08 Å². The fourth-order valence-corrected chi connectivity index (χ4v) is 2.68. The molecule has 7 heteroatoms. The predicted molar refractivity (Wildman–Crippen MR) is 84.5 cm³/mol. The summed E-state index contributed by atoms with van der Waals surface area (Å²) in [6, 6.07) is 6.38. The number of aromatic amines is 2. The maximum atomic E-state index is 14.6. The van der Waals surface area contributed by atoms with Crippen LogP contribution in [0.4, 0.5) is 17.6 Å². The second-order valence-corrected chi connectivity index (χ2v) is 5.28. The van der Waals surface area contributed by atoms with Gasteiger partial charge in [0.05, 0.1) is 5.92 Å². The number of hydrogen-bond acceptors (Lipinski definition) is 1. The molecule has 0 aliphatic rings.